The molecule has 0 aromatic carbocycles. The summed E-state index contributed by atoms with van der Waals surface area (Å²) in [5, 5.41) is 19.1. The van der Waals surface area contributed by atoms with Gasteiger partial charge in [-0.1, -0.05) is 75.4 Å². The molecule has 0 saturated carbocycles. The molecule has 3 atom stereocenters. The highest BCUT2D eigenvalue weighted by Gasteiger charge is 2.27. The summed E-state index contributed by atoms with van der Waals surface area (Å²) in [5.41, 5.74) is 0.653. The van der Waals surface area contributed by atoms with Crippen LogP contribution in [0.15, 0.2) is 34.9 Å². The first-order valence-electron chi connectivity index (χ1n) is 10.0. The number of allylic oxidation sites excluding steroid dienone is 5. The van der Waals surface area contributed by atoms with E-state index in [1.165, 1.54) is 6.42 Å². The number of ketones is 1. The maximum atomic E-state index is 12.2. The molecular formula is C22H33ClO4. The lowest BCUT2D eigenvalue weighted by molar-refractivity contribution is -0.137. The molecule has 4 nitrogen and oxygen atoms in total. The minimum Gasteiger partial charge on any atom is -0.481 e. The SMILES string of the molecule is CCCCC(C)CC(O)C=CC1C=C(Cl)C(=O)C1=CCCCCCC(=O)O. The Morgan fingerprint density at radius 1 is 1.30 bits per heavy atom. The summed E-state index contributed by atoms with van der Waals surface area (Å²) in [6.07, 6.45) is 14.1. The zero-order valence-electron chi connectivity index (χ0n) is 16.5. The van der Waals surface area contributed by atoms with E-state index in [0.717, 1.165) is 38.5 Å². The number of aliphatic hydroxyl groups is 1. The van der Waals surface area contributed by atoms with Crippen LogP contribution in [0.2, 0.25) is 0 Å². The third kappa shape index (κ3) is 9.39. The summed E-state index contributed by atoms with van der Waals surface area (Å²) in [6, 6.07) is 0. The molecule has 0 amide bonds. The second-order valence-corrected chi connectivity index (χ2v) is 7.86. The molecule has 2 N–H and O–H groups in total. The van der Waals surface area contributed by atoms with Crippen LogP contribution in [-0.2, 0) is 9.59 Å². The van der Waals surface area contributed by atoms with Crippen molar-refractivity contribution >= 4 is 23.4 Å². The fourth-order valence-corrected chi connectivity index (χ4v) is 3.51. The third-order valence-electron chi connectivity index (χ3n) is 4.86. The standard InChI is InChI=1S/C22H33ClO4/c1-3-4-9-16(2)14-18(24)13-12-17-15-20(23)22(27)19(17)10-7-5-6-8-11-21(25)26/h10,12-13,15-18,24H,3-9,11,14H2,1-2H3,(H,25,26). The summed E-state index contributed by atoms with van der Waals surface area (Å²) < 4.78 is 0. The first kappa shape index (κ1) is 23.6. The van der Waals surface area contributed by atoms with E-state index in [1.54, 1.807) is 12.2 Å². The number of Topliss-reactive ketones (excluding diaryl/α,β-unsaturated/α-hetero) is 1. The average Bonchev–Trinajstić information content (AvgIpc) is 2.88. The van der Waals surface area contributed by atoms with Crippen LogP contribution in [0, 0.1) is 11.8 Å². The van der Waals surface area contributed by atoms with Gasteiger partial charge in [0.05, 0.1) is 11.1 Å². The molecule has 152 valence electrons. The van der Waals surface area contributed by atoms with Crippen LogP contribution in [0.1, 0.15) is 71.6 Å². The number of aliphatic hydroxyl groups excluding tert-OH is 1. The molecule has 0 aliphatic heterocycles. The molecule has 3 unspecified atom stereocenters. The lowest BCUT2D eigenvalue weighted by Gasteiger charge is -2.14. The molecule has 0 radical (unpaired) electrons. The molecule has 0 aromatic rings. The number of carboxylic acids is 1. The van der Waals surface area contributed by atoms with Crippen LogP contribution in [0.4, 0.5) is 0 Å². The Labute approximate surface area is 168 Å². The highest BCUT2D eigenvalue weighted by molar-refractivity contribution is 6.46. The fraction of sp³-hybridized carbons (Fsp3) is 0.636. The Hall–Kier alpha value is -1.39. The molecule has 1 rings (SSSR count). The highest BCUT2D eigenvalue weighted by atomic mass is 35.5. The lowest BCUT2D eigenvalue weighted by atomic mass is 9.95. The second-order valence-electron chi connectivity index (χ2n) is 7.46. The van der Waals surface area contributed by atoms with Gasteiger partial charge < -0.3 is 10.2 Å². The van der Waals surface area contributed by atoms with Crippen LogP contribution in [0.3, 0.4) is 0 Å². The quantitative estimate of drug-likeness (QED) is 0.248. The Bertz CT molecular complexity index is 577. The Kier molecular flexibility index (Phi) is 11.3. The molecule has 0 bridgehead atoms. The van der Waals surface area contributed by atoms with E-state index < -0.39 is 12.1 Å². The molecule has 0 saturated heterocycles. The molecule has 0 spiro atoms. The van der Waals surface area contributed by atoms with Gasteiger partial charge >= 0.3 is 5.97 Å². The molecule has 0 heterocycles. The molecule has 1 aliphatic carbocycles. The molecule has 0 fully saturated rings. The van der Waals surface area contributed by atoms with Crippen molar-refractivity contribution in [3.8, 4) is 0 Å². The minimum atomic E-state index is -0.775. The summed E-state index contributed by atoms with van der Waals surface area (Å²) >= 11 is 6.02. The van der Waals surface area contributed by atoms with Crippen LogP contribution < -0.4 is 0 Å². The van der Waals surface area contributed by atoms with Crippen molar-refractivity contribution < 1.29 is 19.8 Å². The summed E-state index contributed by atoms with van der Waals surface area (Å²) in [7, 11) is 0. The number of carbonyl (C=O) groups is 2. The van der Waals surface area contributed by atoms with Gasteiger partial charge in [-0.2, -0.15) is 0 Å². The number of hydrogen-bond acceptors (Lipinski definition) is 3. The van der Waals surface area contributed by atoms with E-state index in [4.69, 9.17) is 16.7 Å². The predicted octanol–water partition coefficient (Wildman–Crippen LogP) is 5.40. The monoisotopic (exact) mass is 396 g/mol. The van der Waals surface area contributed by atoms with Gasteiger partial charge in [-0.25, -0.2) is 0 Å². The third-order valence-corrected chi connectivity index (χ3v) is 5.16. The normalized spacial score (nSPS) is 21.0. The Morgan fingerprint density at radius 2 is 2.04 bits per heavy atom. The van der Waals surface area contributed by atoms with Crippen molar-refractivity contribution in [2.45, 2.75) is 77.7 Å². The second kappa shape index (κ2) is 12.9. The molecule has 0 aromatic heterocycles. The van der Waals surface area contributed by atoms with E-state index >= 15 is 0 Å². The zero-order chi connectivity index (χ0) is 20.2. The van der Waals surface area contributed by atoms with Crippen LogP contribution in [0.5, 0.6) is 0 Å². The van der Waals surface area contributed by atoms with E-state index in [-0.39, 0.29) is 23.2 Å². The number of rotatable bonds is 13. The Balaban J connectivity index is 2.54. The maximum absolute atomic E-state index is 12.2. The number of carboxylic acid groups (broad SMARTS) is 1. The fourth-order valence-electron chi connectivity index (χ4n) is 3.26. The van der Waals surface area contributed by atoms with Crippen molar-refractivity contribution in [1.82, 2.24) is 0 Å². The lowest BCUT2D eigenvalue weighted by Crippen LogP contribution is -2.10. The molecule has 5 heteroatoms. The van der Waals surface area contributed by atoms with Crippen LogP contribution in [-0.4, -0.2) is 28.1 Å². The van der Waals surface area contributed by atoms with Gasteiger partial charge in [0, 0.05) is 17.9 Å². The van der Waals surface area contributed by atoms with Gasteiger partial charge in [0.25, 0.3) is 0 Å². The van der Waals surface area contributed by atoms with Gasteiger partial charge in [-0.05, 0) is 31.6 Å². The molecule has 27 heavy (non-hydrogen) atoms. The number of aliphatic carboxylic acids is 1. The van der Waals surface area contributed by atoms with Gasteiger partial charge in [0.15, 0.2) is 0 Å². The van der Waals surface area contributed by atoms with Crippen molar-refractivity contribution in [1.29, 1.82) is 0 Å². The molecular weight excluding hydrogens is 364 g/mol. The predicted molar refractivity (Wildman–Crippen MR) is 110 cm³/mol. The van der Waals surface area contributed by atoms with Crippen molar-refractivity contribution in [2.75, 3.05) is 0 Å². The number of carbonyl (C=O) groups excluding carboxylic acids is 1. The zero-order valence-corrected chi connectivity index (χ0v) is 17.3. The molecule has 1 aliphatic rings. The van der Waals surface area contributed by atoms with E-state index in [1.807, 2.05) is 12.2 Å². The summed E-state index contributed by atoms with van der Waals surface area (Å²) in [5.74, 6) is -0.648. The highest BCUT2D eigenvalue weighted by Crippen LogP contribution is 2.31. The van der Waals surface area contributed by atoms with Crippen LogP contribution >= 0.6 is 11.6 Å². The van der Waals surface area contributed by atoms with Crippen molar-refractivity contribution in [3.63, 3.8) is 0 Å². The van der Waals surface area contributed by atoms with Crippen molar-refractivity contribution in [2.24, 2.45) is 11.8 Å². The number of halogens is 1. The summed E-state index contributed by atoms with van der Waals surface area (Å²) in [4.78, 5) is 22.7. The summed E-state index contributed by atoms with van der Waals surface area (Å²) in [6.45, 7) is 4.31. The van der Waals surface area contributed by atoms with E-state index in [0.29, 0.717) is 17.9 Å². The largest absolute Gasteiger partial charge is 0.481 e. The van der Waals surface area contributed by atoms with Crippen molar-refractivity contribution in [3.05, 3.63) is 34.9 Å². The number of hydrogen-bond donors (Lipinski definition) is 2. The first-order valence-corrected chi connectivity index (χ1v) is 10.4. The number of unbranched alkanes of at least 4 members (excludes halogenated alkanes) is 4. The van der Waals surface area contributed by atoms with Crippen LogP contribution in [0.25, 0.3) is 0 Å². The maximum Gasteiger partial charge on any atom is 0.303 e. The van der Waals surface area contributed by atoms with Gasteiger partial charge in [-0.3, -0.25) is 9.59 Å². The topological polar surface area (TPSA) is 74.6 Å². The van der Waals surface area contributed by atoms with E-state index in [2.05, 4.69) is 13.8 Å². The smallest absolute Gasteiger partial charge is 0.303 e. The minimum absolute atomic E-state index is 0.150. The first-order chi connectivity index (χ1) is 12.8. The van der Waals surface area contributed by atoms with E-state index in [9.17, 15) is 14.7 Å². The van der Waals surface area contributed by atoms with Gasteiger partial charge in [0.2, 0.25) is 5.78 Å². The van der Waals surface area contributed by atoms with Gasteiger partial charge in [0.1, 0.15) is 0 Å². The van der Waals surface area contributed by atoms with Gasteiger partial charge in [-0.15, -0.1) is 0 Å². The average molecular weight is 397 g/mol. The Morgan fingerprint density at radius 3 is 2.70 bits per heavy atom.